The average molecular weight is 356 g/mol. The van der Waals surface area contributed by atoms with Crippen LogP contribution < -0.4 is 0 Å². The quantitative estimate of drug-likeness (QED) is 0.841. The van der Waals surface area contributed by atoms with E-state index in [9.17, 15) is 4.79 Å². The number of rotatable bonds is 3. The first-order valence-electron chi connectivity index (χ1n) is 9.29. The van der Waals surface area contributed by atoms with E-state index in [2.05, 4.69) is 10.1 Å². The van der Waals surface area contributed by atoms with E-state index in [1.54, 1.807) is 6.20 Å². The summed E-state index contributed by atoms with van der Waals surface area (Å²) in [5, 5.41) is 3.99. The highest BCUT2D eigenvalue weighted by Crippen LogP contribution is 2.34. The van der Waals surface area contributed by atoms with Gasteiger partial charge in [-0.15, -0.1) is 0 Å². The van der Waals surface area contributed by atoms with Crippen LogP contribution >= 0.6 is 0 Å². The number of aromatic nitrogens is 3. The van der Waals surface area contributed by atoms with Crippen molar-refractivity contribution < 1.29 is 14.1 Å². The maximum Gasteiger partial charge on any atom is 0.226 e. The maximum absolute atomic E-state index is 13.0. The molecule has 7 heteroatoms. The van der Waals surface area contributed by atoms with E-state index >= 15 is 0 Å². The van der Waals surface area contributed by atoms with Gasteiger partial charge in [0.2, 0.25) is 5.91 Å². The zero-order valence-electron chi connectivity index (χ0n) is 15.3. The van der Waals surface area contributed by atoms with E-state index in [4.69, 9.17) is 14.2 Å². The largest absolute Gasteiger partial charge is 0.381 e. The molecular formula is C19H24N4O3. The van der Waals surface area contributed by atoms with Gasteiger partial charge in [-0.1, -0.05) is 5.16 Å². The van der Waals surface area contributed by atoms with E-state index in [0.29, 0.717) is 24.8 Å². The zero-order chi connectivity index (χ0) is 18.1. The van der Waals surface area contributed by atoms with Crippen LogP contribution in [0, 0.1) is 19.8 Å². The summed E-state index contributed by atoms with van der Waals surface area (Å²) in [5.41, 5.74) is 2.52. The lowest BCUT2D eigenvalue weighted by molar-refractivity contribution is -0.139. The lowest BCUT2D eigenvalue weighted by Crippen LogP contribution is -2.38. The van der Waals surface area contributed by atoms with Crippen molar-refractivity contribution >= 4 is 5.91 Å². The third-order valence-electron chi connectivity index (χ3n) is 5.38. The van der Waals surface area contributed by atoms with Gasteiger partial charge in [0.1, 0.15) is 5.76 Å². The molecule has 2 aliphatic heterocycles. The smallest absolute Gasteiger partial charge is 0.226 e. The first-order valence-corrected chi connectivity index (χ1v) is 9.29. The summed E-state index contributed by atoms with van der Waals surface area (Å²) in [4.78, 5) is 24.2. The molecule has 0 bridgehead atoms. The minimum Gasteiger partial charge on any atom is -0.381 e. The molecule has 7 nitrogen and oxygen atoms in total. The Morgan fingerprint density at radius 2 is 2.04 bits per heavy atom. The van der Waals surface area contributed by atoms with Gasteiger partial charge < -0.3 is 14.2 Å². The Hall–Kier alpha value is -2.28. The number of ether oxygens (including phenoxy) is 1. The highest BCUT2D eigenvalue weighted by molar-refractivity contribution is 5.79. The van der Waals surface area contributed by atoms with Gasteiger partial charge >= 0.3 is 0 Å². The Labute approximate surface area is 152 Å². The summed E-state index contributed by atoms with van der Waals surface area (Å²) in [6.07, 6.45) is 5.34. The third-order valence-corrected chi connectivity index (χ3v) is 5.38. The molecule has 4 heterocycles. The predicted molar refractivity (Wildman–Crippen MR) is 94.2 cm³/mol. The number of amides is 1. The van der Waals surface area contributed by atoms with Gasteiger partial charge in [-0.3, -0.25) is 4.79 Å². The molecule has 0 aromatic carbocycles. The minimum absolute atomic E-state index is 0.0209. The molecule has 0 N–H and O–H groups in total. The van der Waals surface area contributed by atoms with Crippen LogP contribution in [-0.4, -0.2) is 45.7 Å². The van der Waals surface area contributed by atoms with Gasteiger partial charge in [0.05, 0.1) is 23.0 Å². The molecule has 0 saturated carbocycles. The average Bonchev–Trinajstić information content (AvgIpc) is 3.29. The van der Waals surface area contributed by atoms with Gasteiger partial charge in [0, 0.05) is 31.9 Å². The van der Waals surface area contributed by atoms with Crippen LogP contribution in [0.1, 0.15) is 48.9 Å². The van der Waals surface area contributed by atoms with Crippen molar-refractivity contribution in [2.75, 3.05) is 19.8 Å². The topological polar surface area (TPSA) is 81.4 Å². The first-order chi connectivity index (χ1) is 12.6. The lowest BCUT2D eigenvalue weighted by atomic mass is 9.98. The van der Waals surface area contributed by atoms with Crippen molar-refractivity contribution in [1.29, 1.82) is 0 Å². The second kappa shape index (κ2) is 7.15. The third kappa shape index (κ3) is 3.11. The molecule has 4 rings (SSSR count). The maximum atomic E-state index is 13.0. The Bertz CT molecular complexity index is 778. The fourth-order valence-corrected chi connectivity index (χ4v) is 4.00. The predicted octanol–water partition coefficient (Wildman–Crippen LogP) is 2.84. The number of likely N-dealkylation sites (tertiary alicyclic amines) is 1. The van der Waals surface area contributed by atoms with Crippen LogP contribution in [0.4, 0.5) is 0 Å². The molecule has 2 aliphatic rings. The molecule has 0 aliphatic carbocycles. The highest BCUT2D eigenvalue weighted by atomic mass is 16.5. The zero-order valence-corrected chi connectivity index (χ0v) is 15.3. The number of carbonyl (C=O) groups is 1. The van der Waals surface area contributed by atoms with Gasteiger partial charge in [-0.05, 0) is 45.6 Å². The van der Waals surface area contributed by atoms with Crippen LogP contribution in [0.5, 0.6) is 0 Å². The normalized spacial score (nSPS) is 21.3. The standard InChI is InChI=1S/C19H24N4O3/c1-12-17(13(2)26-22-12)18-20-8-5-15(21-18)16-4-3-9-23(16)19(24)14-6-10-25-11-7-14/h5,8,14,16H,3-4,6-7,9-11H2,1-2H3. The van der Waals surface area contributed by atoms with Crippen LogP contribution in [0.15, 0.2) is 16.8 Å². The van der Waals surface area contributed by atoms with Crippen LogP contribution in [0.25, 0.3) is 11.4 Å². The summed E-state index contributed by atoms with van der Waals surface area (Å²) in [6, 6.07) is 1.94. The Kier molecular flexibility index (Phi) is 4.72. The van der Waals surface area contributed by atoms with Gasteiger partial charge in [-0.25, -0.2) is 9.97 Å². The molecule has 2 fully saturated rings. The lowest BCUT2D eigenvalue weighted by Gasteiger charge is -2.30. The molecule has 2 aromatic rings. The fraction of sp³-hybridized carbons (Fsp3) is 0.579. The summed E-state index contributed by atoms with van der Waals surface area (Å²) in [7, 11) is 0. The van der Waals surface area contributed by atoms with E-state index < -0.39 is 0 Å². The van der Waals surface area contributed by atoms with Crippen molar-refractivity contribution in [2.45, 2.75) is 45.6 Å². The van der Waals surface area contributed by atoms with Crippen molar-refractivity contribution in [3.63, 3.8) is 0 Å². The van der Waals surface area contributed by atoms with Crippen LogP contribution in [0.2, 0.25) is 0 Å². The van der Waals surface area contributed by atoms with Gasteiger partial charge in [-0.2, -0.15) is 0 Å². The Morgan fingerprint density at radius 3 is 2.77 bits per heavy atom. The minimum atomic E-state index is 0.0209. The number of hydrogen-bond acceptors (Lipinski definition) is 6. The van der Waals surface area contributed by atoms with Crippen molar-refractivity contribution in [3.8, 4) is 11.4 Å². The van der Waals surface area contributed by atoms with Crippen molar-refractivity contribution in [3.05, 3.63) is 29.4 Å². The van der Waals surface area contributed by atoms with Crippen LogP contribution in [0.3, 0.4) is 0 Å². The highest BCUT2D eigenvalue weighted by Gasteiger charge is 2.35. The number of carbonyl (C=O) groups excluding carboxylic acids is 1. The first kappa shape index (κ1) is 17.1. The molecule has 0 radical (unpaired) electrons. The second-order valence-electron chi connectivity index (χ2n) is 7.08. The van der Waals surface area contributed by atoms with E-state index in [-0.39, 0.29) is 17.9 Å². The number of hydrogen-bond donors (Lipinski definition) is 0. The van der Waals surface area contributed by atoms with Crippen molar-refractivity contribution in [1.82, 2.24) is 20.0 Å². The monoisotopic (exact) mass is 356 g/mol. The number of aryl methyl sites for hydroxylation is 2. The summed E-state index contributed by atoms with van der Waals surface area (Å²) in [5.74, 6) is 1.65. The molecule has 1 amide bonds. The van der Waals surface area contributed by atoms with Gasteiger partial charge in [0.15, 0.2) is 5.82 Å². The molecule has 138 valence electrons. The van der Waals surface area contributed by atoms with E-state index in [0.717, 1.165) is 49.2 Å². The van der Waals surface area contributed by atoms with Gasteiger partial charge in [0.25, 0.3) is 0 Å². The van der Waals surface area contributed by atoms with E-state index in [1.165, 1.54) is 0 Å². The Morgan fingerprint density at radius 1 is 1.23 bits per heavy atom. The second-order valence-corrected chi connectivity index (χ2v) is 7.08. The molecule has 2 saturated heterocycles. The molecular weight excluding hydrogens is 332 g/mol. The molecule has 1 atom stereocenters. The van der Waals surface area contributed by atoms with Crippen molar-refractivity contribution in [2.24, 2.45) is 5.92 Å². The summed E-state index contributed by atoms with van der Waals surface area (Å²) >= 11 is 0. The van der Waals surface area contributed by atoms with Crippen LogP contribution in [-0.2, 0) is 9.53 Å². The summed E-state index contributed by atoms with van der Waals surface area (Å²) < 4.78 is 10.6. The molecule has 0 spiro atoms. The van der Waals surface area contributed by atoms with E-state index in [1.807, 2.05) is 24.8 Å². The molecule has 1 unspecified atom stereocenters. The summed E-state index contributed by atoms with van der Waals surface area (Å²) in [6.45, 7) is 5.91. The molecule has 2 aromatic heterocycles. The molecule has 26 heavy (non-hydrogen) atoms. The fourth-order valence-electron chi connectivity index (χ4n) is 4.00. The number of nitrogens with zero attached hydrogens (tertiary/aromatic N) is 4. The SMILES string of the molecule is Cc1noc(C)c1-c1nccc(C2CCCN2C(=O)C2CCOCC2)n1. The Balaban J connectivity index is 1.60.